The number of amides is 1. The summed E-state index contributed by atoms with van der Waals surface area (Å²) < 4.78 is 12.8. The molecule has 1 heterocycles. The summed E-state index contributed by atoms with van der Waals surface area (Å²) in [7, 11) is 0. The molecule has 2 rings (SSSR count). The van der Waals surface area contributed by atoms with Gasteiger partial charge in [-0.05, 0) is 57.0 Å². The fourth-order valence-electron chi connectivity index (χ4n) is 2.83. The van der Waals surface area contributed by atoms with E-state index in [0.717, 1.165) is 5.56 Å². The van der Waals surface area contributed by atoms with E-state index in [1.807, 2.05) is 11.8 Å². The summed E-state index contributed by atoms with van der Waals surface area (Å²) in [6.45, 7) is 3.60. The molecule has 0 radical (unpaired) electrons. The number of carboxylic acid groups (broad SMARTS) is 1. The van der Waals surface area contributed by atoms with Crippen molar-refractivity contribution < 1.29 is 19.1 Å². The Labute approximate surface area is 135 Å². The van der Waals surface area contributed by atoms with Crippen LogP contribution in [0.3, 0.4) is 0 Å². The van der Waals surface area contributed by atoms with E-state index in [-0.39, 0.29) is 23.7 Å². The highest BCUT2D eigenvalue weighted by Gasteiger charge is 2.29. The average Bonchev–Trinajstić information content (AvgIpc) is 2.56. The fourth-order valence-corrected chi connectivity index (χ4v) is 2.83. The molecule has 0 saturated carbocycles. The van der Waals surface area contributed by atoms with Crippen molar-refractivity contribution in [3.05, 3.63) is 35.6 Å². The van der Waals surface area contributed by atoms with Crippen LogP contribution in [0.25, 0.3) is 0 Å². The Morgan fingerprint density at radius 1 is 1.30 bits per heavy atom. The normalized spacial score (nSPS) is 17.7. The van der Waals surface area contributed by atoms with Crippen LogP contribution in [-0.2, 0) is 16.0 Å². The molecule has 1 amide bonds. The van der Waals surface area contributed by atoms with E-state index in [1.165, 1.54) is 12.1 Å². The van der Waals surface area contributed by atoms with Crippen LogP contribution in [0.2, 0.25) is 0 Å². The molecule has 6 heteroatoms. The lowest BCUT2D eigenvalue weighted by atomic mass is 9.96. The highest BCUT2D eigenvalue weighted by atomic mass is 19.1. The van der Waals surface area contributed by atoms with Crippen LogP contribution < -0.4 is 5.32 Å². The third-order valence-corrected chi connectivity index (χ3v) is 4.43. The Balaban J connectivity index is 1.73. The lowest BCUT2D eigenvalue weighted by molar-refractivity contribution is -0.143. The number of carbonyl (C=O) groups excluding carboxylic acids is 1. The van der Waals surface area contributed by atoms with E-state index in [0.29, 0.717) is 38.9 Å². The molecule has 0 spiro atoms. The maximum absolute atomic E-state index is 12.8. The molecule has 2 N–H and O–H groups in total. The summed E-state index contributed by atoms with van der Waals surface area (Å²) in [5.74, 6) is -1.36. The second-order valence-corrected chi connectivity index (χ2v) is 5.99. The number of hydrogen-bond acceptors (Lipinski definition) is 3. The van der Waals surface area contributed by atoms with E-state index >= 15 is 0 Å². The Morgan fingerprint density at radius 2 is 1.91 bits per heavy atom. The fraction of sp³-hybridized carbons (Fsp3) is 0.529. The van der Waals surface area contributed by atoms with Gasteiger partial charge in [0.15, 0.2) is 0 Å². The first kappa shape index (κ1) is 17.4. The number of nitrogens with one attached hydrogen (secondary N) is 1. The molecule has 1 fully saturated rings. The van der Waals surface area contributed by atoms with Crippen molar-refractivity contribution in [2.24, 2.45) is 5.92 Å². The van der Waals surface area contributed by atoms with Crippen molar-refractivity contribution in [3.8, 4) is 0 Å². The van der Waals surface area contributed by atoms with Crippen LogP contribution in [0.15, 0.2) is 24.3 Å². The van der Waals surface area contributed by atoms with E-state index in [2.05, 4.69) is 5.32 Å². The second kappa shape index (κ2) is 8.06. The lowest BCUT2D eigenvalue weighted by Gasteiger charge is -2.33. The smallest absolute Gasteiger partial charge is 0.306 e. The van der Waals surface area contributed by atoms with Gasteiger partial charge in [-0.1, -0.05) is 12.1 Å². The number of carboxylic acids is 1. The number of piperidine rings is 1. The summed E-state index contributed by atoms with van der Waals surface area (Å²) >= 11 is 0. The topological polar surface area (TPSA) is 69.6 Å². The van der Waals surface area contributed by atoms with Gasteiger partial charge in [0, 0.05) is 6.54 Å². The zero-order chi connectivity index (χ0) is 16.8. The number of hydrogen-bond donors (Lipinski definition) is 2. The molecule has 126 valence electrons. The third kappa shape index (κ3) is 5.03. The van der Waals surface area contributed by atoms with E-state index in [4.69, 9.17) is 5.11 Å². The predicted molar refractivity (Wildman–Crippen MR) is 84.5 cm³/mol. The van der Waals surface area contributed by atoms with Gasteiger partial charge < -0.3 is 10.4 Å². The zero-order valence-electron chi connectivity index (χ0n) is 13.3. The Bertz CT molecular complexity index is 539. The summed E-state index contributed by atoms with van der Waals surface area (Å²) in [6.07, 6.45) is 1.82. The minimum absolute atomic E-state index is 0.0547. The minimum atomic E-state index is -0.749. The monoisotopic (exact) mass is 322 g/mol. The zero-order valence-corrected chi connectivity index (χ0v) is 13.3. The Kier molecular flexibility index (Phi) is 6.10. The quantitative estimate of drug-likeness (QED) is 0.836. The first-order chi connectivity index (χ1) is 11.0. The van der Waals surface area contributed by atoms with Crippen LogP contribution >= 0.6 is 0 Å². The molecule has 1 aromatic rings. The highest BCUT2D eigenvalue weighted by molar-refractivity contribution is 5.81. The van der Waals surface area contributed by atoms with Crippen molar-refractivity contribution in [2.75, 3.05) is 19.6 Å². The maximum Gasteiger partial charge on any atom is 0.306 e. The van der Waals surface area contributed by atoms with Crippen molar-refractivity contribution in [1.82, 2.24) is 10.2 Å². The predicted octanol–water partition coefficient (Wildman–Crippen LogP) is 1.67. The summed E-state index contributed by atoms with van der Waals surface area (Å²) in [6, 6.07) is 5.97. The number of benzene rings is 1. The molecule has 1 atom stereocenters. The average molecular weight is 322 g/mol. The van der Waals surface area contributed by atoms with Gasteiger partial charge in [0.2, 0.25) is 5.91 Å². The maximum atomic E-state index is 12.8. The largest absolute Gasteiger partial charge is 0.481 e. The first-order valence-corrected chi connectivity index (χ1v) is 7.96. The Hall–Kier alpha value is -1.95. The number of rotatable bonds is 6. The third-order valence-electron chi connectivity index (χ3n) is 4.43. The Morgan fingerprint density at radius 3 is 2.48 bits per heavy atom. The molecule has 1 saturated heterocycles. The van der Waals surface area contributed by atoms with Crippen molar-refractivity contribution in [1.29, 1.82) is 0 Å². The minimum Gasteiger partial charge on any atom is -0.481 e. The van der Waals surface area contributed by atoms with Crippen molar-refractivity contribution in [3.63, 3.8) is 0 Å². The van der Waals surface area contributed by atoms with Gasteiger partial charge in [0.25, 0.3) is 0 Å². The van der Waals surface area contributed by atoms with Crippen LogP contribution in [-0.4, -0.2) is 47.6 Å². The number of likely N-dealkylation sites (tertiary alicyclic amines) is 1. The highest BCUT2D eigenvalue weighted by Crippen LogP contribution is 2.19. The van der Waals surface area contributed by atoms with Gasteiger partial charge in [-0.25, -0.2) is 4.39 Å². The van der Waals surface area contributed by atoms with Crippen LogP contribution in [0, 0.1) is 11.7 Å². The van der Waals surface area contributed by atoms with Gasteiger partial charge in [-0.2, -0.15) is 0 Å². The molecule has 1 aliphatic heterocycles. The molecule has 1 aromatic carbocycles. The molecular weight excluding hydrogens is 299 g/mol. The molecule has 1 aliphatic rings. The van der Waals surface area contributed by atoms with Gasteiger partial charge in [0.1, 0.15) is 5.82 Å². The molecule has 5 nitrogen and oxygen atoms in total. The van der Waals surface area contributed by atoms with Gasteiger partial charge in [0.05, 0.1) is 12.0 Å². The standard InChI is InChI=1S/C17H23FN2O3/c1-12(20-10-7-14(8-11-20)17(22)23)16(21)19-9-6-13-2-4-15(18)5-3-13/h2-5,12,14H,6-11H2,1H3,(H,19,21)(H,22,23). The summed E-state index contributed by atoms with van der Waals surface area (Å²) in [5, 5.41) is 11.9. The summed E-state index contributed by atoms with van der Waals surface area (Å²) in [5.41, 5.74) is 0.974. The van der Waals surface area contributed by atoms with Gasteiger partial charge in [-0.15, -0.1) is 0 Å². The van der Waals surface area contributed by atoms with Crippen LogP contribution in [0.1, 0.15) is 25.3 Å². The van der Waals surface area contributed by atoms with Gasteiger partial charge in [-0.3, -0.25) is 14.5 Å². The molecule has 0 aromatic heterocycles. The van der Waals surface area contributed by atoms with Gasteiger partial charge >= 0.3 is 5.97 Å². The van der Waals surface area contributed by atoms with Crippen LogP contribution in [0.5, 0.6) is 0 Å². The second-order valence-electron chi connectivity index (χ2n) is 5.99. The van der Waals surface area contributed by atoms with E-state index in [9.17, 15) is 14.0 Å². The van der Waals surface area contributed by atoms with E-state index in [1.54, 1.807) is 12.1 Å². The van der Waals surface area contributed by atoms with Crippen molar-refractivity contribution >= 4 is 11.9 Å². The number of carbonyl (C=O) groups is 2. The molecule has 0 bridgehead atoms. The molecule has 1 unspecified atom stereocenters. The number of halogens is 1. The van der Waals surface area contributed by atoms with Crippen LogP contribution in [0.4, 0.5) is 4.39 Å². The summed E-state index contributed by atoms with van der Waals surface area (Å²) in [4.78, 5) is 25.1. The first-order valence-electron chi connectivity index (χ1n) is 7.96. The van der Waals surface area contributed by atoms with E-state index < -0.39 is 5.97 Å². The SMILES string of the molecule is CC(C(=O)NCCc1ccc(F)cc1)N1CCC(C(=O)O)CC1. The molecular formula is C17H23FN2O3. The molecule has 23 heavy (non-hydrogen) atoms. The van der Waals surface area contributed by atoms with Crippen molar-refractivity contribution in [2.45, 2.75) is 32.2 Å². The lowest BCUT2D eigenvalue weighted by Crippen LogP contribution is -2.49. The number of aliphatic carboxylic acids is 1. The number of nitrogens with zero attached hydrogens (tertiary/aromatic N) is 1. The molecule has 0 aliphatic carbocycles.